The fourth-order valence-corrected chi connectivity index (χ4v) is 5.58. The van der Waals surface area contributed by atoms with E-state index < -0.39 is 75.6 Å². The van der Waals surface area contributed by atoms with Gasteiger partial charge in [0.25, 0.3) is 5.91 Å². The normalized spacial score (nSPS) is 34.4. The molecule has 1 saturated carbocycles. The number of benzene rings is 1. The molecule has 32 heavy (non-hydrogen) atoms. The molecule has 0 spiro atoms. The number of hydrogen-bond acceptors (Lipinski definition) is 9. The molecule has 10 heteroatoms. The first-order valence-corrected chi connectivity index (χ1v) is 10.0. The van der Waals surface area contributed by atoms with Gasteiger partial charge in [0, 0.05) is 11.5 Å². The molecule has 4 rings (SSSR count). The van der Waals surface area contributed by atoms with E-state index in [-0.39, 0.29) is 11.3 Å². The van der Waals surface area contributed by atoms with Gasteiger partial charge in [0.05, 0.1) is 23.6 Å². The van der Waals surface area contributed by atoms with Gasteiger partial charge in [-0.2, -0.15) is 0 Å². The second kappa shape index (κ2) is 6.89. The summed E-state index contributed by atoms with van der Waals surface area (Å²) in [5, 5.41) is 54.9. The molecular weight excluding hydrogens is 420 g/mol. The zero-order valence-corrected chi connectivity index (χ0v) is 17.6. The highest BCUT2D eigenvalue weighted by Crippen LogP contribution is 2.55. The number of aromatic hydroxyl groups is 1. The van der Waals surface area contributed by atoms with Gasteiger partial charge >= 0.3 is 0 Å². The Morgan fingerprint density at radius 2 is 1.78 bits per heavy atom. The van der Waals surface area contributed by atoms with Gasteiger partial charge in [0.1, 0.15) is 22.8 Å². The number of aliphatic hydroxyl groups excluding tert-OH is 3. The number of likely N-dealkylation sites (N-methyl/N-ethyl adjacent to an activating group) is 1. The van der Waals surface area contributed by atoms with Crippen LogP contribution < -0.4 is 5.73 Å². The number of phenols is 1. The van der Waals surface area contributed by atoms with E-state index in [1.165, 1.54) is 25.1 Å². The lowest BCUT2D eigenvalue weighted by atomic mass is 9.54. The predicted molar refractivity (Wildman–Crippen MR) is 110 cm³/mol. The van der Waals surface area contributed by atoms with Crippen molar-refractivity contribution in [3.8, 4) is 5.75 Å². The maximum atomic E-state index is 13.7. The number of hydrogen-bond donors (Lipinski definition) is 6. The Kier molecular flexibility index (Phi) is 4.74. The van der Waals surface area contributed by atoms with Gasteiger partial charge in [0.15, 0.2) is 11.4 Å². The SMILES string of the molecule is C[C@@H]1c2cccc(O)c2C(O)=C2C(=O)[C@]3(O)C(O)=C(C(N)=O)C(=O)[C@H](N(C)C)[C@@H]3[C@@H](O)[C@H]21. The molecule has 6 atom stereocenters. The maximum Gasteiger partial charge on any atom is 0.255 e. The fraction of sp³-hybridized carbons (Fsp3) is 0.409. The van der Waals surface area contributed by atoms with Crippen LogP contribution in [0.4, 0.5) is 0 Å². The Bertz CT molecular complexity index is 1140. The second-order valence-corrected chi connectivity index (χ2v) is 8.79. The number of ketones is 2. The van der Waals surface area contributed by atoms with E-state index in [4.69, 9.17) is 5.73 Å². The molecule has 7 N–H and O–H groups in total. The Balaban J connectivity index is 2.07. The monoisotopic (exact) mass is 444 g/mol. The molecule has 1 fully saturated rings. The highest BCUT2D eigenvalue weighted by atomic mass is 16.4. The summed E-state index contributed by atoms with van der Waals surface area (Å²) in [7, 11) is 2.92. The van der Waals surface area contributed by atoms with Crippen molar-refractivity contribution in [2.24, 2.45) is 17.6 Å². The van der Waals surface area contributed by atoms with Crippen LogP contribution in [-0.4, -0.2) is 79.7 Å². The molecule has 0 heterocycles. The minimum atomic E-state index is -2.89. The standard InChI is InChI=1S/C22H24N2O8/c1-7-8-5-4-6-9(25)11(8)16(26)12-10(7)17(27)14-15(24(2)3)18(28)13(21(23)31)20(30)22(14,32)19(12)29/h4-7,10,14-15,17,25-27,30,32H,1-3H3,(H2,23,31)/t7-,10+,14-,15-,17+,22+/m1/s1. The number of carbonyl (C=O) groups excluding carboxylic acids is 3. The molecule has 3 aliphatic carbocycles. The van der Waals surface area contributed by atoms with Crippen molar-refractivity contribution in [1.29, 1.82) is 0 Å². The molecule has 170 valence electrons. The first-order chi connectivity index (χ1) is 14.9. The summed E-state index contributed by atoms with van der Waals surface area (Å²) in [6.07, 6.45) is -1.59. The summed E-state index contributed by atoms with van der Waals surface area (Å²) in [4.78, 5) is 40.0. The van der Waals surface area contributed by atoms with Gasteiger partial charge in [0.2, 0.25) is 5.78 Å². The molecule has 0 aromatic heterocycles. The number of fused-ring (bicyclic) bond motifs is 3. The quantitative estimate of drug-likeness (QED) is 0.327. The van der Waals surface area contributed by atoms with Crippen LogP contribution in [0, 0.1) is 11.8 Å². The Hall–Kier alpha value is -3.21. The predicted octanol–water partition coefficient (Wildman–Crippen LogP) is -0.504. The molecule has 10 nitrogen and oxygen atoms in total. The lowest BCUT2D eigenvalue weighted by Gasteiger charge is -2.53. The van der Waals surface area contributed by atoms with Gasteiger partial charge in [-0.1, -0.05) is 19.1 Å². The van der Waals surface area contributed by atoms with E-state index in [0.29, 0.717) is 5.56 Å². The van der Waals surface area contributed by atoms with Crippen molar-refractivity contribution < 1.29 is 39.9 Å². The van der Waals surface area contributed by atoms with Crippen LogP contribution in [0.15, 0.2) is 35.1 Å². The summed E-state index contributed by atoms with van der Waals surface area (Å²) in [6.45, 7) is 1.68. The van der Waals surface area contributed by atoms with E-state index in [0.717, 1.165) is 0 Å². The molecule has 3 aliphatic rings. The van der Waals surface area contributed by atoms with Crippen molar-refractivity contribution in [3.63, 3.8) is 0 Å². The first kappa shape index (κ1) is 22.0. The molecule has 1 amide bonds. The molecule has 0 radical (unpaired) electrons. The number of primary amides is 1. The third kappa shape index (κ3) is 2.48. The zero-order chi connectivity index (χ0) is 23.9. The minimum absolute atomic E-state index is 0.0245. The number of Topliss-reactive ketones (excluding diaryl/α,β-unsaturated/α-hetero) is 2. The second-order valence-electron chi connectivity index (χ2n) is 8.79. The summed E-state index contributed by atoms with van der Waals surface area (Å²) in [6, 6.07) is 3.13. The van der Waals surface area contributed by atoms with Crippen LogP contribution in [-0.2, 0) is 14.4 Å². The highest BCUT2D eigenvalue weighted by molar-refractivity contribution is 6.24. The van der Waals surface area contributed by atoms with E-state index in [1.54, 1.807) is 19.1 Å². The number of rotatable bonds is 2. The number of amides is 1. The van der Waals surface area contributed by atoms with E-state index in [9.17, 15) is 39.9 Å². The van der Waals surface area contributed by atoms with Crippen LogP contribution in [0.2, 0.25) is 0 Å². The zero-order valence-electron chi connectivity index (χ0n) is 17.6. The average molecular weight is 444 g/mol. The number of nitrogens with zero attached hydrogens (tertiary/aromatic N) is 1. The molecule has 0 unspecified atom stereocenters. The van der Waals surface area contributed by atoms with E-state index >= 15 is 0 Å². The van der Waals surface area contributed by atoms with Gasteiger partial charge in [-0.05, 0) is 31.6 Å². The highest BCUT2D eigenvalue weighted by Gasteiger charge is 2.68. The molecule has 1 aromatic rings. The van der Waals surface area contributed by atoms with Gasteiger partial charge in [-0.15, -0.1) is 0 Å². The summed E-state index contributed by atoms with van der Waals surface area (Å²) >= 11 is 0. The van der Waals surface area contributed by atoms with Gasteiger partial charge in [-0.3, -0.25) is 19.3 Å². The molecule has 1 aromatic carbocycles. The summed E-state index contributed by atoms with van der Waals surface area (Å²) in [5.41, 5.74) is 1.47. The Morgan fingerprint density at radius 1 is 1.16 bits per heavy atom. The van der Waals surface area contributed by atoms with Crippen LogP contribution in [0.5, 0.6) is 5.75 Å². The fourth-order valence-electron chi connectivity index (χ4n) is 5.58. The third-order valence-electron chi connectivity index (χ3n) is 6.99. The largest absolute Gasteiger partial charge is 0.508 e. The molecule has 0 bridgehead atoms. The van der Waals surface area contributed by atoms with Crippen molar-refractivity contribution >= 4 is 23.2 Å². The van der Waals surface area contributed by atoms with Gasteiger partial charge in [-0.25, -0.2) is 0 Å². The third-order valence-corrected chi connectivity index (χ3v) is 6.99. The number of phenolic OH excluding ortho intramolecular Hbond substituents is 1. The first-order valence-electron chi connectivity index (χ1n) is 10.0. The maximum absolute atomic E-state index is 13.7. The van der Waals surface area contributed by atoms with Gasteiger partial charge < -0.3 is 31.3 Å². The lowest BCUT2D eigenvalue weighted by Crippen LogP contribution is -2.70. The van der Waals surface area contributed by atoms with Crippen molar-refractivity contribution in [2.45, 2.75) is 30.6 Å². The van der Waals surface area contributed by atoms with Crippen LogP contribution in [0.3, 0.4) is 0 Å². The topological polar surface area (TPSA) is 182 Å². The average Bonchev–Trinajstić information content (AvgIpc) is 2.70. The van der Waals surface area contributed by atoms with Crippen molar-refractivity contribution in [1.82, 2.24) is 4.90 Å². The molecule has 0 aliphatic heterocycles. The minimum Gasteiger partial charge on any atom is -0.508 e. The van der Waals surface area contributed by atoms with Crippen molar-refractivity contribution in [3.05, 3.63) is 46.2 Å². The smallest absolute Gasteiger partial charge is 0.255 e. The van der Waals surface area contributed by atoms with Crippen LogP contribution >= 0.6 is 0 Å². The Labute approximate surface area is 182 Å². The Morgan fingerprint density at radius 3 is 2.34 bits per heavy atom. The number of aliphatic hydroxyl groups is 4. The summed E-state index contributed by atoms with van der Waals surface area (Å²) in [5.74, 6) is -8.87. The lowest BCUT2D eigenvalue weighted by molar-refractivity contribution is -0.169. The van der Waals surface area contributed by atoms with E-state index in [2.05, 4.69) is 0 Å². The number of carbonyl (C=O) groups is 3. The molecular formula is C22H24N2O8. The summed E-state index contributed by atoms with van der Waals surface area (Å²) < 4.78 is 0. The van der Waals surface area contributed by atoms with Crippen LogP contribution in [0.25, 0.3) is 5.76 Å². The van der Waals surface area contributed by atoms with E-state index in [1.807, 2.05) is 0 Å². The van der Waals surface area contributed by atoms with Crippen molar-refractivity contribution in [2.75, 3.05) is 14.1 Å². The number of nitrogens with two attached hydrogens (primary N) is 1. The van der Waals surface area contributed by atoms with Crippen LogP contribution in [0.1, 0.15) is 24.0 Å². The molecule has 0 saturated heterocycles.